The summed E-state index contributed by atoms with van der Waals surface area (Å²) in [6.45, 7) is 9.22. The molecule has 0 bridgehead atoms. The van der Waals surface area contributed by atoms with Crippen LogP contribution in [0, 0.1) is 5.41 Å². The third kappa shape index (κ3) is 1.62. The molecule has 3 nitrogen and oxygen atoms in total. The Labute approximate surface area is 142 Å². The van der Waals surface area contributed by atoms with Crippen LogP contribution in [0.3, 0.4) is 0 Å². The zero-order valence-electron chi connectivity index (χ0n) is 14.8. The van der Waals surface area contributed by atoms with Crippen LogP contribution in [0.1, 0.15) is 57.8 Å². The molecule has 2 aliphatic rings. The molecule has 0 aromatic carbocycles. The van der Waals surface area contributed by atoms with E-state index in [4.69, 9.17) is 4.42 Å². The summed E-state index contributed by atoms with van der Waals surface area (Å²) >= 11 is 0. The molecule has 0 N–H and O–H groups in total. The van der Waals surface area contributed by atoms with Crippen molar-refractivity contribution in [1.29, 1.82) is 0 Å². The fourth-order valence-corrected chi connectivity index (χ4v) is 4.84. The lowest BCUT2D eigenvalue weighted by atomic mass is 9.57. The van der Waals surface area contributed by atoms with E-state index < -0.39 is 0 Å². The van der Waals surface area contributed by atoms with Gasteiger partial charge in [-0.05, 0) is 18.6 Å². The molecule has 0 radical (unpaired) electrons. The van der Waals surface area contributed by atoms with Gasteiger partial charge in [0.1, 0.15) is 11.1 Å². The van der Waals surface area contributed by atoms with Crippen LogP contribution >= 0.6 is 0 Å². The summed E-state index contributed by atoms with van der Waals surface area (Å²) in [6.07, 6.45) is 12.5. The number of aromatic nitrogens is 1. The van der Waals surface area contributed by atoms with Crippen molar-refractivity contribution in [3.05, 3.63) is 58.3 Å². The molecule has 1 aliphatic heterocycles. The molecule has 0 saturated carbocycles. The van der Waals surface area contributed by atoms with Gasteiger partial charge in [-0.25, -0.2) is 4.79 Å². The second-order valence-corrected chi connectivity index (χ2v) is 7.43. The number of allylic oxidation sites excluding steroid dienone is 3. The van der Waals surface area contributed by atoms with E-state index in [9.17, 15) is 4.79 Å². The first kappa shape index (κ1) is 15.4. The van der Waals surface area contributed by atoms with Crippen molar-refractivity contribution in [2.24, 2.45) is 5.41 Å². The first-order valence-electron chi connectivity index (χ1n) is 8.84. The minimum Gasteiger partial charge on any atom is -0.422 e. The summed E-state index contributed by atoms with van der Waals surface area (Å²) in [5.74, 6) is 0.937. The van der Waals surface area contributed by atoms with Crippen LogP contribution in [0.25, 0.3) is 17.0 Å². The summed E-state index contributed by atoms with van der Waals surface area (Å²) in [4.78, 5) is 12.5. The standard InChI is InChI=1S/C21H24NO2/c1-5-20(3)15-11-7-8-12-16-17(15)18-14(19(23)24-16)10-9-13-22(18)21(20,4)6-2/h7-13,15H,5-6H2,1-4H3/q+1. The second kappa shape index (κ2) is 4.92. The molecule has 24 heavy (non-hydrogen) atoms. The quantitative estimate of drug-likeness (QED) is 0.772. The summed E-state index contributed by atoms with van der Waals surface area (Å²) < 4.78 is 8.03. The normalized spacial score (nSPS) is 30.6. The van der Waals surface area contributed by atoms with Gasteiger partial charge in [0.2, 0.25) is 5.52 Å². The minimum absolute atomic E-state index is 0.0326. The summed E-state index contributed by atoms with van der Waals surface area (Å²) in [5, 5.41) is 0.683. The first-order chi connectivity index (χ1) is 11.5. The molecule has 3 heteroatoms. The third-order valence-electron chi connectivity index (χ3n) is 6.78. The van der Waals surface area contributed by atoms with Gasteiger partial charge >= 0.3 is 5.63 Å². The van der Waals surface area contributed by atoms with Gasteiger partial charge in [-0.2, -0.15) is 4.57 Å². The molecule has 3 unspecified atom stereocenters. The molecule has 0 amide bonds. The van der Waals surface area contributed by atoms with E-state index in [1.54, 1.807) is 0 Å². The van der Waals surface area contributed by atoms with E-state index in [1.165, 1.54) is 0 Å². The van der Waals surface area contributed by atoms with Gasteiger partial charge in [0.05, 0.1) is 5.56 Å². The highest BCUT2D eigenvalue weighted by molar-refractivity contribution is 5.82. The predicted molar refractivity (Wildman–Crippen MR) is 95.9 cm³/mol. The molecule has 1 aliphatic carbocycles. The molecule has 3 atom stereocenters. The van der Waals surface area contributed by atoms with Crippen LogP contribution in [0.4, 0.5) is 0 Å². The van der Waals surface area contributed by atoms with Gasteiger partial charge in [-0.15, -0.1) is 0 Å². The fourth-order valence-electron chi connectivity index (χ4n) is 4.84. The highest BCUT2D eigenvalue weighted by Gasteiger charge is 2.59. The number of rotatable bonds is 2. The van der Waals surface area contributed by atoms with Crippen molar-refractivity contribution in [3.63, 3.8) is 0 Å². The van der Waals surface area contributed by atoms with E-state index in [0.29, 0.717) is 11.1 Å². The topological polar surface area (TPSA) is 34.1 Å². The Morgan fingerprint density at radius 2 is 2.00 bits per heavy atom. The van der Waals surface area contributed by atoms with Crippen LogP contribution in [-0.2, 0) is 5.54 Å². The monoisotopic (exact) mass is 322 g/mol. The fraction of sp³-hybridized carbons (Fsp3) is 0.429. The van der Waals surface area contributed by atoms with Crippen LogP contribution < -0.4 is 10.2 Å². The molecule has 2 aromatic heterocycles. The van der Waals surface area contributed by atoms with E-state index >= 15 is 0 Å². The molecule has 0 spiro atoms. The largest absolute Gasteiger partial charge is 0.422 e. The molecule has 4 rings (SSSR count). The molecular formula is C21H24NO2+. The summed E-state index contributed by atoms with van der Waals surface area (Å²) in [6, 6.07) is 3.86. The van der Waals surface area contributed by atoms with Crippen molar-refractivity contribution in [3.8, 4) is 0 Å². The Morgan fingerprint density at radius 1 is 1.21 bits per heavy atom. The zero-order chi connectivity index (χ0) is 17.1. The SMILES string of the molecule is CCC1(C)C2C=CC=Cc3oc(=O)c4ccc[n+](c4c32)C1(C)CC. The van der Waals surface area contributed by atoms with Crippen molar-refractivity contribution >= 4 is 17.0 Å². The molecule has 3 heterocycles. The maximum absolute atomic E-state index is 12.5. The smallest absolute Gasteiger partial charge is 0.350 e. The van der Waals surface area contributed by atoms with E-state index in [1.807, 2.05) is 24.3 Å². The van der Waals surface area contributed by atoms with Gasteiger partial charge in [0, 0.05) is 30.7 Å². The highest BCUT2D eigenvalue weighted by Crippen LogP contribution is 2.55. The minimum atomic E-state index is -0.248. The zero-order valence-corrected chi connectivity index (χ0v) is 14.8. The van der Waals surface area contributed by atoms with Gasteiger partial charge in [-0.3, -0.25) is 0 Å². The van der Waals surface area contributed by atoms with Crippen LogP contribution in [0.5, 0.6) is 0 Å². The number of nitrogens with zero attached hydrogens (tertiary/aromatic N) is 1. The molecule has 0 fully saturated rings. The van der Waals surface area contributed by atoms with Gasteiger partial charge in [-0.1, -0.05) is 39.0 Å². The number of hydrogen-bond acceptors (Lipinski definition) is 2. The van der Waals surface area contributed by atoms with Crippen molar-refractivity contribution in [2.75, 3.05) is 0 Å². The Kier molecular flexibility index (Phi) is 3.15. The Balaban J connectivity index is 2.27. The number of pyridine rings is 1. The van der Waals surface area contributed by atoms with Crippen LogP contribution in [-0.4, -0.2) is 0 Å². The van der Waals surface area contributed by atoms with E-state index in [2.05, 4.69) is 50.6 Å². The maximum atomic E-state index is 12.5. The van der Waals surface area contributed by atoms with Crippen molar-refractivity contribution in [1.82, 2.24) is 0 Å². The summed E-state index contributed by atoms with van der Waals surface area (Å²) in [7, 11) is 0. The molecule has 124 valence electrons. The van der Waals surface area contributed by atoms with Crippen molar-refractivity contribution < 1.29 is 8.98 Å². The summed E-state index contributed by atoms with van der Waals surface area (Å²) in [5.41, 5.74) is 1.91. The average Bonchev–Trinajstić information content (AvgIpc) is 2.82. The Bertz CT molecular complexity index is 952. The van der Waals surface area contributed by atoms with E-state index in [0.717, 1.165) is 23.9 Å². The average molecular weight is 322 g/mol. The van der Waals surface area contributed by atoms with Crippen LogP contribution in [0.2, 0.25) is 0 Å². The van der Waals surface area contributed by atoms with Gasteiger partial charge < -0.3 is 4.42 Å². The van der Waals surface area contributed by atoms with Gasteiger partial charge in [0.25, 0.3) is 0 Å². The maximum Gasteiger partial charge on any atom is 0.350 e. The second-order valence-electron chi connectivity index (χ2n) is 7.43. The van der Waals surface area contributed by atoms with Crippen LogP contribution in [0.15, 0.2) is 45.8 Å². The predicted octanol–water partition coefficient (Wildman–Crippen LogP) is 4.30. The highest BCUT2D eigenvalue weighted by atomic mass is 16.4. The third-order valence-corrected chi connectivity index (χ3v) is 6.78. The van der Waals surface area contributed by atoms with E-state index in [-0.39, 0.29) is 22.5 Å². The lowest BCUT2D eigenvalue weighted by Crippen LogP contribution is -2.67. The first-order valence-corrected chi connectivity index (χ1v) is 8.84. The Morgan fingerprint density at radius 3 is 2.71 bits per heavy atom. The lowest BCUT2D eigenvalue weighted by Gasteiger charge is -2.48. The molecule has 2 aromatic rings. The Hall–Kier alpha value is -2.16. The van der Waals surface area contributed by atoms with Gasteiger partial charge in [0.15, 0.2) is 11.7 Å². The van der Waals surface area contributed by atoms with Crippen molar-refractivity contribution in [2.45, 2.75) is 52.0 Å². The molecule has 0 saturated heterocycles. The lowest BCUT2D eigenvalue weighted by molar-refractivity contribution is -0.760. The molecular weight excluding hydrogens is 298 g/mol. The number of hydrogen-bond donors (Lipinski definition) is 0.